The van der Waals surface area contributed by atoms with Crippen LogP contribution in [0.5, 0.6) is 0 Å². The average molecular weight is 367 g/mol. The summed E-state index contributed by atoms with van der Waals surface area (Å²) in [6.07, 6.45) is 4.30. The van der Waals surface area contributed by atoms with E-state index < -0.39 is 12.2 Å². The first-order valence-electron chi connectivity index (χ1n) is 9.75. The minimum absolute atomic E-state index is 0.0326. The van der Waals surface area contributed by atoms with Crippen molar-refractivity contribution >= 4 is 0 Å². The first-order valence-corrected chi connectivity index (χ1v) is 9.75. The largest absolute Gasteiger partial charge is 0.388 e. The van der Waals surface area contributed by atoms with Crippen molar-refractivity contribution in [2.24, 2.45) is 22.7 Å². The van der Waals surface area contributed by atoms with E-state index in [4.69, 9.17) is 9.47 Å². The second-order valence-electron chi connectivity index (χ2n) is 10.0. The molecule has 4 heteroatoms. The SMILES string of the molecule is COC1C=C(C(C)(C)C)C(O)C(C2=CC(OC)CC(C(C)(C)C)C2O)C1. The maximum atomic E-state index is 11.2. The third-order valence-corrected chi connectivity index (χ3v) is 6.15. The first-order chi connectivity index (χ1) is 11.9. The monoisotopic (exact) mass is 366 g/mol. The predicted octanol–water partition coefficient (Wildman–Crippen LogP) is 3.72. The molecule has 150 valence electrons. The maximum absolute atomic E-state index is 11.2. The highest BCUT2D eigenvalue weighted by atomic mass is 16.5. The molecule has 2 rings (SSSR count). The van der Waals surface area contributed by atoms with E-state index in [0.717, 1.165) is 17.6 Å². The lowest BCUT2D eigenvalue weighted by Crippen LogP contribution is -2.46. The van der Waals surface area contributed by atoms with Gasteiger partial charge in [-0.05, 0) is 40.7 Å². The molecule has 2 N–H and O–H groups in total. The van der Waals surface area contributed by atoms with Crippen molar-refractivity contribution < 1.29 is 19.7 Å². The molecule has 0 spiro atoms. The Kier molecular flexibility index (Phi) is 6.44. The first kappa shape index (κ1) is 21.6. The van der Waals surface area contributed by atoms with Crippen LogP contribution in [0.1, 0.15) is 54.4 Å². The molecule has 0 aromatic rings. The lowest BCUT2D eigenvalue weighted by molar-refractivity contribution is -0.0111. The summed E-state index contributed by atoms with van der Waals surface area (Å²) in [5.41, 5.74) is 1.70. The highest BCUT2D eigenvalue weighted by Gasteiger charge is 2.45. The summed E-state index contributed by atoms with van der Waals surface area (Å²) in [5.74, 6) is -0.0680. The van der Waals surface area contributed by atoms with E-state index in [2.05, 4.69) is 47.6 Å². The molecule has 0 fully saturated rings. The normalized spacial score (nSPS) is 36.5. The van der Waals surface area contributed by atoms with Crippen molar-refractivity contribution in [2.45, 2.75) is 78.8 Å². The summed E-state index contributed by atoms with van der Waals surface area (Å²) in [4.78, 5) is 0. The summed E-state index contributed by atoms with van der Waals surface area (Å²) in [7, 11) is 3.42. The van der Waals surface area contributed by atoms with Gasteiger partial charge in [-0.25, -0.2) is 0 Å². The van der Waals surface area contributed by atoms with Gasteiger partial charge in [0.1, 0.15) is 0 Å². The maximum Gasteiger partial charge on any atom is 0.0823 e. The van der Waals surface area contributed by atoms with Crippen LogP contribution in [0.25, 0.3) is 0 Å². The van der Waals surface area contributed by atoms with Crippen molar-refractivity contribution in [1.29, 1.82) is 0 Å². The van der Waals surface area contributed by atoms with E-state index in [9.17, 15) is 10.2 Å². The van der Waals surface area contributed by atoms with Crippen LogP contribution in [-0.2, 0) is 9.47 Å². The van der Waals surface area contributed by atoms with E-state index in [-0.39, 0.29) is 34.9 Å². The summed E-state index contributed by atoms with van der Waals surface area (Å²) in [5, 5.41) is 22.4. The highest BCUT2D eigenvalue weighted by Crippen LogP contribution is 2.46. The third-order valence-electron chi connectivity index (χ3n) is 6.15. The van der Waals surface area contributed by atoms with Crippen LogP contribution in [0.15, 0.2) is 23.3 Å². The van der Waals surface area contributed by atoms with Crippen LogP contribution < -0.4 is 0 Å². The molecule has 0 radical (unpaired) electrons. The third kappa shape index (κ3) is 4.41. The van der Waals surface area contributed by atoms with Gasteiger partial charge in [-0.3, -0.25) is 0 Å². The molecule has 2 aliphatic carbocycles. The van der Waals surface area contributed by atoms with Gasteiger partial charge in [0.25, 0.3) is 0 Å². The molecule has 26 heavy (non-hydrogen) atoms. The predicted molar refractivity (Wildman–Crippen MR) is 105 cm³/mol. The Bertz CT molecular complexity index is 549. The van der Waals surface area contributed by atoms with E-state index in [0.29, 0.717) is 6.42 Å². The Labute approximate surface area is 159 Å². The minimum atomic E-state index is -0.612. The fourth-order valence-electron chi connectivity index (χ4n) is 4.47. The average Bonchev–Trinajstić information content (AvgIpc) is 2.53. The molecule has 0 saturated carbocycles. The van der Waals surface area contributed by atoms with Crippen molar-refractivity contribution in [3.63, 3.8) is 0 Å². The van der Waals surface area contributed by atoms with Crippen molar-refractivity contribution in [1.82, 2.24) is 0 Å². The number of rotatable bonds is 3. The number of aliphatic hydroxyl groups is 2. The van der Waals surface area contributed by atoms with Gasteiger partial charge in [-0.15, -0.1) is 0 Å². The molecule has 6 atom stereocenters. The molecule has 2 aliphatic rings. The number of aliphatic hydroxyl groups excluding tert-OH is 2. The molecule has 0 aliphatic heterocycles. The molecule has 0 aromatic carbocycles. The summed E-state index contributed by atoms with van der Waals surface area (Å²) >= 11 is 0. The molecule has 6 unspecified atom stereocenters. The standard InChI is InChI=1S/C22H38O4/c1-21(2,3)17-11-13(25-7)9-15(19(17)23)16-10-14(26-8)12-18(20(16)24)22(4,5)6/h9,12-14,16-17,19-20,23-24H,10-11H2,1-8H3. The van der Waals surface area contributed by atoms with Gasteiger partial charge < -0.3 is 19.7 Å². The zero-order valence-corrected chi connectivity index (χ0v) is 17.7. The Hall–Kier alpha value is -0.680. The van der Waals surface area contributed by atoms with Gasteiger partial charge in [-0.1, -0.05) is 53.7 Å². The minimum Gasteiger partial charge on any atom is -0.388 e. The molecule has 0 aromatic heterocycles. The van der Waals surface area contributed by atoms with Crippen LogP contribution in [0.4, 0.5) is 0 Å². The van der Waals surface area contributed by atoms with Crippen molar-refractivity contribution in [3.8, 4) is 0 Å². The van der Waals surface area contributed by atoms with Crippen LogP contribution in [0.3, 0.4) is 0 Å². The van der Waals surface area contributed by atoms with Crippen LogP contribution in [-0.4, -0.2) is 48.8 Å². The lowest BCUT2D eigenvalue weighted by Gasteiger charge is -2.46. The number of hydrogen-bond acceptors (Lipinski definition) is 4. The molecular formula is C22H38O4. The van der Waals surface area contributed by atoms with Crippen molar-refractivity contribution in [3.05, 3.63) is 23.3 Å². The topological polar surface area (TPSA) is 58.9 Å². The van der Waals surface area contributed by atoms with Crippen LogP contribution >= 0.6 is 0 Å². The quantitative estimate of drug-likeness (QED) is 0.748. The van der Waals surface area contributed by atoms with Gasteiger partial charge in [0.15, 0.2) is 0 Å². The van der Waals surface area contributed by atoms with Crippen LogP contribution in [0.2, 0.25) is 0 Å². The molecule has 0 heterocycles. The van der Waals surface area contributed by atoms with Gasteiger partial charge >= 0.3 is 0 Å². The van der Waals surface area contributed by atoms with Gasteiger partial charge in [0, 0.05) is 20.1 Å². The fourth-order valence-corrected chi connectivity index (χ4v) is 4.47. The molecule has 0 saturated heterocycles. The molecule has 0 amide bonds. The van der Waals surface area contributed by atoms with E-state index >= 15 is 0 Å². The Morgan fingerprint density at radius 3 is 1.85 bits per heavy atom. The van der Waals surface area contributed by atoms with Gasteiger partial charge in [-0.2, -0.15) is 0 Å². The smallest absolute Gasteiger partial charge is 0.0823 e. The molecule has 4 nitrogen and oxygen atoms in total. The second kappa shape index (κ2) is 7.75. The van der Waals surface area contributed by atoms with E-state index in [1.54, 1.807) is 14.2 Å². The van der Waals surface area contributed by atoms with Crippen molar-refractivity contribution in [2.75, 3.05) is 14.2 Å². The Morgan fingerprint density at radius 2 is 1.38 bits per heavy atom. The number of hydrogen-bond donors (Lipinski definition) is 2. The van der Waals surface area contributed by atoms with Crippen LogP contribution in [0, 0.1) is 22.7 Å². The Morgan fingerprint density at radius 1 is 0.846 bits per heavy atom. The van der Waals surface area contributed by atoms with E-state index in [1.165, 1.54) is 0 Å². The second-order valence-corrected chi connectivity index (χ2v) is 10.0. The summed E-state index contributed by atoms with van der Waals surface area (Å²) < 4.78 is 11.3. The van der Waals surface area contributed by atoms with Gasteiger partial charge in [0.05, 0.1) is 24.4 Å². The molecular weight excluding hydrogens is 328 g/mol. The zero-order chi connectivity index (χ0) is 19.9. The Balaban J connectivity index is 2.43. The van der Waals surface area contributed by atoms with Gasteiger partial charge in [0.2, 0.25) is 0 Å². The number of methoxy groups -OCH3 is 2. The van der Waals surface area contributed by atoms with E-state index in [1.807, 2.05) is 6.08 Å². The highest BCUT2D eigenvalue weighted by molar-refractivity contribution is 5.31. The zero-order valence-electron chi connectivity index (χ0n) is 17.7. The summed E-state index contributed by atoms with van der Waals surface area (Å²) in [6.45, 7) is 12.8. The number of ether oxygens (including phenoxy) is 2. The fraction of sp³-hybridized carbons (Fsp3) is 0.818. The lowest BCUT2D eigenvalue weighted by atomic mass is 9.64. The molecule has 0 bridgehead atoms. The summed E-state index contributed by atoms with van der Waals surface area (Å²) in [6, 6.07) is 0.